The first-order valence-electron chi connectivity index (χ1n) is 8.35. The first kappa shape index (κ1) is 17.2. The zero-order chi connectivity index (χ0) is 18.3. The molecular weight excluding hydrogens is 366 g/mol. The molecule has 132 valence electrons. The predicted octanol–water partition coefficient (Wildman–Crippen LogP) is 5.03. The van der Waals surface area contributed by atoms with E-state index in [2.05, 4.69) is 40.9 Å². The molecule has 0 radical (unpaired) electrons. The van der Waals surface area contributed by atoms with Crippen molar-refractivity contribution in [1.29, 1.82) is 0 Å². The third-order valence-corrected chi connectivity index (χ3v) is 5.96. The Hall–Kier alpha value is -2.24. The Labute approximate surface area is 161 Å². The second-order valence-corrected chi connectivity index (χ2v) is 7.61. The Morgan fingerprint density at radius 1 is 1.23 bits per heavy atom. The number of benzene rings is 2. The summed E-state index contributed by atoms with van der Waals surface area (Å²) in [4.78, 5) is 13.6. The molecule has 0 saturated heterocycles. The number of halogens is 1. The number of hydrogen-bond acceptors (Lipinski definition) is 3. The fourth-order valence-corrected chi connectivity index (χ4v) is 3.94. The van der Waals surface area contributed by atoms with E-state index in [0.717, 1.165) is 28.2 Å². The summed E-state index contributed by atoms with van der Waals surface area (Å²) in [5, 5.41) is 8.22. The van der Waals surface area contributed by atoms with Crippen molar-refractivity contribution in [3.05, 3.63) is 70.4 Å². The van der Waals surface area contributed by atoms with Crippen molar-refractivity contribution in [3.8, 4) is 5.69 Å². The van der Waals surface area contributed by atoms with Gasteiger partial charge >= 0.3 is 0 Å². The molecule has 3 aromatic rings. The highest BCUT2D eigenvalue weighted by Crippen LogP contribution is 2.39. The molecule has 0 saturated carbocycles. The molecule has 2 aromatic carbocycles. The summed E-state index contributed by atoms with van der Waals surface area (Å²) in [6.45, 7) is 1.95. The Morgan fingerprint density at radius 2 is 2.00 bits per heavy atom. The smallest absolute Gasteiger partial charge is 0.226 e. The number of hydrogen-bond donors (Lipinski definition) is 1. The lowest BCUT2D eigenvalue weighted by atomic mass is 9.87. The first-order valence-corrected chi connectivity index (χ1v) is 9.96. The Kier molecular flexibility index (Phi) is 4.51. The van der Waals surface area contributed by atoms with Gasteiger partial charge in [-0.15, -0.1) is 11.8 Å². The first-order chi connectivity index (χ1) is 12.6. The lowest BCUT2D eigenvalue weighted by molar-refractivity contribution is -0.116. The molecule has 0 fully saturated rings. The van der Waals surface area contributed by atoms with Crippen LogP contribution in [-0.4, -0.2) is 21.9 Å². The van der Waals surface area contributed by atoms with Gasteiger partial charge in [0.25, 0.3) is 0 Å². The molecule has 0 spiro atoms. The standard InChI is InChI=1S/C20H18ClN3OS/c1-12-17(21)4-3-5-18(12)24-20-16(11-22-24)15(10-19(25)23-20)13-6-8-14(26-2)9-7-13/h3-9,11,15H,10H2,1-2H3,(H,23,25)/t15-/m1/s1. The number of thioether (sulfide) groups is 1. The molecule has 1 amide bonds. The number of nitrogens with one attached hydrogen (secondary N) is 1. The van der Waals surface area contributed by atoms with Gasteiger partial charge in [-0.05, 0) is 48.6 Å². The molecule has 2 heterocycles. The second-order valence-electron chi connectivity index (χ2n) is 6.32. The van der Waals surface area contributed by atoms with Crippen molar-refractivity contribution in [1.82, 2.24) is 9.78 Å². The fourth-order valence-electron chi connectivity index (χ4n) is 3.36. The van der Waals surface area contributed by atoms with Gasteiger partial charge in [-0.2, -0.15) is 5.10 Å². The minimum Gasteiger partial charge on any atom is -0.310 e. The van der Waals surface area contributed by atoms with Gasteiger partial charge < -0.3 is 5.32 Å². The summed E-state index contributed by atoms with van der Waals surface area (Å²) in [5.41, 5.74) is 3.96. The third-order valence-electron chi connectivity index (χ3n) is 4.81. The van der Waals surface area contributed by atoms with E-state index in [1.165, 1.54) is 4.90 Å². The summed E-state index contributed by atoms with van der Waals surface area (Å²) in [5.74, 6) is 0.728. The molecule has 1 N–H and O–H groups in total. The van der Waals surface area contributed by atoms with Crippen LogP contribution in [0.5, 0.6) is 0 Å². The van der Waals surface area contributed by atoms with Gasteiger partial charge in [0.2, 0.25) is 5.91 Å². The molecule has 1 aliphatic heterocycles. The quantitative estimate of drug-likeness (QED) is 0.645. The SMILES string of the molecule is CSc1ccc([C@H]2CC(=O)Nc3c2cnn3-c2cccc(Cl)c2C)cc1. The van der Waals surface area contributed by atoms with Gasteiger partial charge in [0, 0.05) is 27.8 Å². The number of amides is 1. The number of fused-ring (bicyclic) bond motifs is 1. The highest BCUT2D eigenvalue weighted by molar-refractivity contribution is 7.98. The van der Waals surface area contributed by atoms with E-state index >= 15 is 0 Å². The van der Waals surface area contributed by atoms with Gasteiger partial charge in [-0.25, -0.2) is 4.68 Å². The van der Waals surface area contributed by atoms with Crippen LogP contribution in [0.2, 0.25) is 5.02 Å². The lowest BCUT2D eigenvalue weighted by Gasteiger charge is -2.24. The number of rotatable bonds is 3. The molecule has 26 heavy (non-hydrogen) atoms. The maximum atomic E-state index is 12.4. The fraction of sp³-hybridized carbons (Fsp3) is 0.200. The normalized spacial score (nSPS) is 16.3. The van der Waals surface area contributed by atoms with Crippen LogP contribution in [0.1, 0.15) is 29.0 Å². The van der Waals surface area contributed by atoms with Crippen LogP contribution in [0.3, 0.4) is 0 Å². The van der Waals surface area contributed by atoms with Crippen LogP contribution in [0.4, 0.5) is 5.82 Å². The molecule has 1 aliphatic rings. The maximum absolute atomic E-state index is 12.4. The van der Waals surface area contributed by atoms with E-state index in [0.29, 0.717) is 11.4 Å². The van der Waals surface area contributed by atoms with E-state index in [1.54, 1.807) is 16.4 Å². The summed E-state index contributed by atoms with van der Waals surface area (Å²) >= 11 is 7.97. The Balaban J connectivity index is 1.81. The highest BCUT2D eigenvalue weighted by Gasteiger charge is 2.30. The lowest BCUT2D eigenvalue weighted by Crippen LogP contribution is -2.24. The number of aromatic nitrogens is 2. The number of anilines is 1. The van der Waals surface area contributed by atoms with E-state index in [4.69, 9.17) is 11.6 Å². The van der Waals surface area contributed by atoms with Crippen LogP contribution < -0.4 is 5.32 Å². The molecular formula is C20H18ClN3OS. The summed E-state index contributed by atoms with van der Waals surface area (Å²) in [7, 11) is 0. The molecule has 4 nitrogen and oxygen atoms in total. The second kappa shape index (κ2) is 6.82. The Morgan fingerprint density at radius 3 is 2.73 bits per heavy atom. The van der Waals surface area contributed by atoms with Gasteiger partial charge in [0.05, 0.1) is 11.9 Å². The van der Waals surface area contributed by atoms with Crippen molar-refractivity contribution < 1.29 is 4.79 Å². The third kappa shape index (κ3) is 2.91. The zero-order valence-corrected chi connectivity index (χ0v) is 16.1. The minimum atomic E-state index is -0.00197. The molecule has 0 unspecified atom stereocenters. The van der Waals surface area contributed by atoms with Gasteiger partial charge in [-0.3, -0.25) is 4.79 Å². The molecule has 1 aromatic heterocycles. The van der Waals surface area contributed by atoms with Crippen LogP contribution >= 0.6 is 23.4 Å². The van der Waals surface area contributed by atoms with Gasteiger partial charge in [0.1, 0.15) is 5.82 Å². The van der Waals surface area contributed by atoms with E-state index in [1.807, 2.05) is 31.3 Å². The number of nitrogens with zero attached hydrogens (tertiary/aromatic N) is 2. The number of carbonyl (C=O) groups is 1. The average Bonchev–Trinajstić information content (AvgIpc) is 3.07. The summed E-state index contributed by atoms with van der Waals surface area (Å²) < 4.78 is 1.77. The van der Waals surface area contributed by atoms with Crippen molar-refractivity contribution in [2.75, 3.05) is 11.6 Å². The van der Waals surface area contributed by atoms with Gasteiger partial charge in [0.15, 0.2) is 0 Å². The maximum Gasteiger partial charge on any atom is 0.226 e. The van der Waals surface area contributed by atoms with Crippen LogP contribution in [-0.2, 0) is 4.79 Å². The van der Waals surface area contributed by atoms with Crippen molar-refractivity contribution in [2.45, 2.75) is 24.2 Å². The zero-order valence-electron chi connectivity index (χ0n) is 14.5. The minimum absolute atomic E-state index is 0.00197. The molecule has 0 aliphatic carbocycles. The molecule has 6 heteroatoms. The predicted molar refractivity (Wildman–Crippen MR) is 107 cm³/mol. The molecule has 1 atom stereocenters. The molecule has 4 rings (SSSR count). The van der Waals surface area contributed by atoms with Crippen LogP contribution in [0.25, 0.3) is 5.69 Å². The van der Waals surface area contributed by atoms with E-state index in [-0.39, 0.29) is 11.8 Å². The van der Waals surface area contributed by atoms with E-state index < -0.39 is 0 Å². The highest BCUT2D eigenvalue weighted by atomic mass is 35.5. The number of carbonyl (C=O) groups excluding carboxylic acids is 1. The van der Waals surface area contributed by atoms with Gasteiger partial charge in [-0.1, -0.05) is 29.8 Å². The van der Waals surface area contributed by atoms with E-state index in [9.17, 15) is 4.79 Å². The largest absolute Gasteiger partial charge is 0.310 e. The summed E-state index contributed by atoms with van der Waals surface area (Å²) in [6, 6.07) is 14.1. The van der Waals surface area contributed by atoms with Crippen molar-refractivity contribution >= 4 is 35.1 Å². The Bertz CT molecular complexity index is 981. The average molecular weight is 384 g/mol. The summed E-state index contributed by atoms with van der Waals surface area (Å²) in [6.07, 6.45) is 4.33. The van der Waals surface area contributed by atoms with Crippen molar-refractivity contribution in [3.63, 3.8) is 0 Å². The van der Waals surface area contributed by atoms with Crippen molar-refractivity contribution in [2.24, 2.45) is 0 Å². The topological polar surface area (TPSA) is 46.9 Å². The van der Waals surface area contributed by atoms with Crippen LogP contribution in [0.15, 0.2) is 53.6 Å². The van der Waals surface area contributed by atoms with Crippen LogP contribution in [0, 0.1) is 6.92 Å². The monoisotopic (exact) mass is 383 g/mol. The molecule has 0 bridgehead atoms.